The number of methoxy groups -OCH3 is 1. The lowest BCUT2D eigenvalue weighted by molar-refractivity contribution is -0.186. The van der Waals surface area contributed by atoms with E-state index in [0.717, 1.165) is 44.0 Å². The predicted molar refractivity (Wildman–Crippen MR) is 93.9 cm³/mol. The van der Waals surface area contributed by atoms with Gasteiger partial charge in [-0.15, -0.1) is 0 Å². The Labute approximate surface area is 152 Å². The summed E-state index contributed by atoms with van der Waals surface area (Å²) in [7, 11) is 1.66. The fourth-order valence-electron chi connectivity index (χ4n) is 3.93. The summed E-state index contributed by atoms with van der Waals surface area (Å²) in [6.45, 7) is 2.86. The number of likely N-dealkylation sites (tertiary alicyclic amines) is 1. The minimum Gasteiger partial charge on any atom is -0.497 e. The van der Waals surface area contributed by atoms with Gasteiger partial charge in [0.1, 0.15) is 17.2 Å². The third-order valence-electron chi connectivity index (χ3n) is 5.36. The number of ether oxygens (including phenoxy) is 2. The fourth-order valence-corrected chi connectivity index (χ4v) is 3.93. The van der Waals surface area contributed by atoms with Gasteiger partial charge < -0.3 is 19.1 Å². The van der Waals surface area contributed by atoms with Crippen LogP contribution in [0.1, 0.15) is 24.2 Å². The van der Waals surface area contributed by atoms with Crippen molar-refractivity contribution in [3.05, 3.63) is 48.0 Å². The maximum atomic E-state index is 11.5. The molecule has 0 unspecified atom stereocenters. The zero-order valence-corrected chi connectivity index (χ0v) is 14.8. The van der Waals surface area contributed by atoms with Crippen LogP contribution in [0.25, 0.3) is 0 Å². The lowest BCUT2D eigenvalue weighted by Gasteiger charge is -2.45. The number of aromatic nitrogens is 2. The van der Waals surface area contributed by atoms with Crippen molar-refractivity contribution in [2.24, 2.45) is 0 Å². The number of imidazole rings is 1. The molecule has 0 radical (unpaired) electrons. The molecule has 1 saturated heterocycles. The second-order valence-corrected chi connectivity index (χ2v) is 6.97. The van der Waals surface area contributed by atoms with Gasteiger partial charge in [-0.25, -0.2) is 9.78 Å². The predicted octanol–water partition coefficient (Wildman–Crippen LogP) is 1.87. The molecule has 1 atom stereocenters. The molecule has 0 aliphatic carbocycles. The van der Waals surface area contributed by atoms with Crippen molar-refractivity contribution < 1.29 is 19.4 Å². The summed E-state index contributed by atoms with van der Waals surface area (Å²) in [6.07, 6.45) is 4.24. The van der Waals surface area contributed by atoms with E-state index < -0.39 is 17.7 Å². The number of fused-ring (bicyclic) bond motifs is 2. The summed E-state index contributed by atoms with van der Waals surface area (Å²) in [5, 5.41) is 9.43. The van der Waals surface area contributed by atoms with Crippen molar-refractivity contribution in [3.8, 4) is 5.75 Å². The second-order valence-electron chi connectivity index (χ2n) is 6.97. The van der Waals surface area contributed by atoms with Gasteiger partial charge in [-0.3, -0.25) is 4.90 Å². The van der Waals surface area contributed by atoms with E-state index in [2.05, 4.69) is 22.0 Å². The van der Waals surface area contributed by atoms with Gasteiger partial charge in [-0.2, -0.15) is 0 Å². The maximum Gasteiger partial charge on any atom is 0.334 e. The number of carboxylic acids is 1. The molecule has 2 aromatic rings. The first-order valence-electron chi connectivity index (χ1n) is 8.87. The van der Waals surface area contributed by atoms with Crippen molar-refractivity contribution >= 4 is 5.97 Å². The molecule has 1 fully saturated rings. The monoisotopic (exact) mass is 357 g/mol. The van der Waals surface area contributed by atoms with Gasteiger partial charge >= 0.3 is 5.97 Å². The van der Waals surface area contributed by atoms with Gasteiger partial charge in [0.25, 0.3) is 0 Å². The van der Waals surface area contributed by atoms with Crippen LogP contribution in [0.2, 0.25) is 0 Å². The summed E-state index contributed by atoms with van der Waals surface area (Å²) in [5.41, 5.74) is 0.637. The molecule has 3 heterocycles. The van der Waals surface area contributed by atoms with Crippen molar-refractivity contribution in [1.82, 2.24) is 14.5 Å². The highest BCUT2D eigenvalue weighted by molar-refractivity contribution is 5.72. The highest BCUT2D eigenvalue weighted by atomic mass is 16.5. The lowest BCUT2D eigenvalue weighted by Crippen LogP contribution is -2.52. The Morgan fingerprint density at radius 2 is 2.08 bits per heavy atom. The Morgan fingerprint density at radius 3 is 2.73 bits per heavy atom. The molecule has 138 valence electrons. The molecule has 26 heavy (non-hydrogen) atoms. The van der Waals surface area contributed by atoms with E-state index in [9.17, 15) is 9.90 Å². The molecular weight excluding hydrogens is 334 g/mol. The first-order valence-corrected chi connectivity index (χ1v) is 8.87. The summed E-state index contributed by atoms with van der Waals surface area (Å²) in [6, 6.07) is 8.10. The summed E-state index contributed by atoms with van der Waals surface area (Å²) < 4.78 is 13.2. The molecule has 0 amide bonds. The van der Waals surface area contributed by atoms with E-state index in [-0.39, 0.29) is 0 Å². The van der Waals surface area contributed by atoms with Gasteiger partial charge in [-0.05, 0) is 30.5 Å². The number of carboxylic acid groups (broad SMARTS) is 1. The Kier molecular flexibility index (Phi) is 4.42. The van der Waals surface area contributed by atoms with E-state index in [0.29, 0.717) is 6.54 Å². The molecule has 1 N–H and O–H groups in total. The van der Waals surface area contributed by atoms with E-state index in [1.807, 2.05) is 22.9 Å². The lowest BCUT2D eigenvalue weighted by atomic mass is 9.88. The van der Waals surface area contributed by atoms with Gasteiger partial charge in [0.2, 0.25) is 0 Å². The van der Waals surface area contributed by atoms with Crippen LogP contribution >= 0.6 is 0 Å². The van der Waals surface area contributed by atoms with Crippen LogP contribution in [0.5, 0.6) is 5.75 Å². The highest BCUT2D eigenvalue weighted by Gasteiger charge is 2.47. The van der Waals surface area contributed by atoms with Crippen LogP contribution in [-0.2, 0) is 28.2 Å². The van der Waals surface area contributed by atoms with Crippen LogP contribution in [0.3, 0.4) is 0 Å². The van der Waals surface area contributed by atoms with Gasteiger partial charge in [0, 0.05) is 32.0 Å². The molecule has 2 aliphatic heterocycles. The van der Waals surface area contributed by atoms with Crippen molar-refractivity contribution in [1.29, 1.82) is 0 Å². The summed E-state index contributed by atoms with van der Waals surface area (Å²) in [5.74, 6) is 0.803. The average Bonchev–Trinajstić information content (AvgIpc) is 3.14. The van der Waals surface area contributed by atoms with Crippen LogP contribution in [0.15, 0.2) is 36.7 Å². The van der Waals surface area contributed by atoms with Crippen LogP contribution < -0.4 is 4.74 Å². The zero-order chi connectivity index (χ0) is 18.1. The normalized spacial score (nSPS) is 22.1. The first kappa shape index (κ1) is 17.1. The molecule has 2 aliphatic rings. The second kappa shape index (κ2) is 6.74. The molecule has 4 rings (SSSR count). The molecule has 0 bridgehead atoms. The third kappa shape index (κ3) is 3.08. The van der Waals surface area contributed by atoms with Crippen LogP contribution in [0.4, 0.5) is 0 Å². The molecule has 7 heteroatoms. The number of hydrogen-bond acceptors (Lipinski definition) is 5. The topological polar surface area (TPSA) is 76.8 Å². The standard InChI is InChI=1S/C19H23N3O4/c1-25-15-4-2-14(3-5-15)12-21-9-6-19(7-10-21)18-20-8-11-22(18)13-16(26-19)17(23)24/h2-5,8,11,16H,6-7,9-10,12-13H2,1H3,(H,23,24)/t16-/m0/s1. The number of rotatable bonds is 4. The highest BCUT2D eigenvalue weighted by Crippen LogP contribution is 2.40. The third-order valence-corrected chi connectivity index (χ3v) is 5.36. The molecule has 1 aromatic heterocycles. The number of hydrogen-bond donors (Lipinski definition) is 1. The van der Waals surface area contributed by atoms with E-state index in [1.165, 1.54) is 5.56 Å². The van der Waals surface area contributed by atoms with Gasteiger partial charge in [0.05, 0.1) is 13.7 Å². The summed E-state index contributed by atoms with van der Waals surface area (Å²) in [4.78, 5) is 18.3. The molecule has 1 aromatic carbocycles. The van der Waals surface area contributed by atoms with Crippen LogP contribution in [0, 0.1) is 0 Å². The Morgan fingerprint density at radius 1 is 1.35 bits per heavy atom. The van der Waals surface area contributed by atoms with Gasteiger partial charge in [0.15, 0.2) is 6.10 Å². The smallest absolute Gasteiger partial charge is 0.334 e. The van der Waals surface area contributed by atoms with E-state index in [4.69, 9.17) is 9.47 Å². The van der Waals surface area contributed by atoms with Crippen molar-refractivity contribution in [2.75, 3.05) is 20.2 Å². The number of carbonyl (C=O) groups is 1. The maximum absolute atomic E-state index is 11.5. The van der Waals surface area contributed by atoms with E-state index >= 15 is 0 Å². The van der Waals surface area contributed by atoms with Crippen molar-refractivity contribution in [3.63, 3.8) is 0 Å². The average molecular weight is 357 g/mol. The Balaban J connectivity index is 1.46. The minimum atomic E-state index is -0.913. The quantitative estimate of drug-likeness (QED) is 0.900. The summed E-state index contributed by atoms with van der Waals surface area (Å²) >= 11 is 0. The van der Waals surface area contributed by atoms with Crippen LogP contribution in [-0.4, -0.2) is 51.8 Å². The molecule has 7 nitrogen and oxygen atoms in total. The Bertz CT molecular complexity index is 778. The van der Waals surface area contributed by atoms with Gasteiger partial charge in [-0.1, -0.05) is 12.1 Å². The molecule has 1 spiro atoms. The number of nitrogens with zero attached hydrogens (tertiary/aromatic N) is 3. The Hall–Kier alpha value is -2.38. The number of piperidine rings is 1. The zero-order valence-electron chi connectivity index (χ0n) is 14.8. The SMILES string of the molecule is COc1ccc(CN2CCC3(CC2)O[C@H](C(=O)O)Cn2ccnc23)cc1. The fraction of sp³-hybridized carbons (Fsp3) is 0.474. The first-order chi connectivity index (χ1) is 12.6. The number of benzene rings is 1. The van der Waals surface area contributed by atoms with Crippen molar-refractivity contribution in [2.45, 2.75) is 37.6 Å². The largest absolute Gasteiger partial charge is 0.497 e. The number of aliphatic carboxylic acids is 1. The molecule has 0 saturated carbocycles. The molecular formula is C19H23N3O4. The minimum absolute atomic E-state index is 0.321. The van der Waals surface area contributed by atoms with E-state index in [1.54, 1.807) is 13.3 Å².